The Kier molecular flexibility index (Phi) is 2.47. The predicted octanol–water partition coefficient (Wildman–Crippen LogP) is 2.27. The van der Waals surface area contributed by atoms with E-state index in [0.29, 0.717) is 12.5 Å². The van der Waals surface area contributed by atoms with Gasteiger partial charge in [0.05, 0.1) is 6.04 Å². The molecule has 2 rings (SSSR count). The van der Waals surface area contributed by atoms with Crippen molar-refractivity contribution in [1.82, 2.24) is 4.98 Å². The van der Waals surface area contributed by atoms with Gasteiger partial charge in [-0.05, 0) is 17.5 Å². The Morgan fingerprint density at radius 1 is 1.33 bits per heavy atom. The maximum Gasteiger partial charge on any atom is 0.235 e. The van der Waals surface area contributed by atoms with E-state index in [-0.39, 0.29) is 11.5 Å². The number of aromatic nitrogens is 1. The third kappa shape index (κ3) is 2.17. The maximum atomic E-state index is 5.57. The van der Waals surface area contributed by atoms with E-state index in [1.54, 1.807) is 6.20 Å². The highest BCUT2D eigenvalue weighted by Gasteiger charge is 2.30. The van der Waals surface area contributed by atoms with Crippen LogP contribution >= 0.6 is 0 Å². The summed E-state index contributed by atoms with van der Waals surface area (Å²) in [6.07, 6.45) is 1.76. The Bertz CT molecular complexity index is 365. The molecular weight excluding hydrogens is 188 g/mol. The molecule has 1 aromatic rings. The standard InChI is InChI=1S/C12H16N2O/c1-12(2,3)10-8-15-11(14-10)9-6-4-5-7-13-9/h4-7,10H,8H2,1-3H3/t10-/m0/s1. The van der Waals surface area contributed by atoms with Crippen LogP contribution in [0.5, 0.6) is 0 Å². The summed E-state index contributed by atoms with van der Waals surface area (Å²) in [7, 11) is 0. The van der Waals surface area contributed by atoms with Crippen LogP contribution in [0.1, 0.15) is 26.5 Å². The fourth-order valence-electron chi connectivity index (χ4n) is 1.45. The number of aliphatic imine (C=N–C) groups is 1. The molecule has 1 aliphatic rings. The first-order valence-corrected chi connectivity index (χ1v) is 5.19. The highest BCUT2D eigenvalue weighted by Crippen LogP contribution is 2.26. The highest BCUT2D eigenvalue weighted by molar-refractivity contribution is 5.93. The van der Waals surface area contributed by atoms with Crippen molar-refractivity contribution in [2.45, 2.75) is 26.8 Å². The van der Waals surface area contributed by atoms with Gasteiger partial charge in [0, 0.05) is 6.20 Å². The smallest absolute Gasteiger partial charge is 0.235 e. The lowest BCUT2D eigenvalue weighted by molar-refractivity contribution is 0.235. The van der Waals surface area contributed by atoms with E-state index in [0.717, 1.165) is 5.69 Å². The second-order valence-electron chi connectivity index (χ2n) is 4.84. The van der Waals surface area contributed by atoms with Gasteiger partial charge in [-0.25, -0.2) is 4.99 Å². The fourth-order valence-corrected chi connectivity index (χ4v) is 1.45. The second-order valence-corrected chi connectivity index (χ2v) is 4.84. The van der Waals surface area contributed by atoms with E-state index in [9.17, 15) is 0 Å². The van der Waals surface area contributed by atoms with Crippen LogP contribution in [0.15, 0.2) is 29.4 Å². The van der Waals surface area contributed by atoms with Gasteiger partial charge >= 0.3 is 0 Å². The molecule has 3 heteroatoms. The van der Waals surface area contributed by atoms with Crippen LogP contribution in [-0.4, -0.2) is 23.5 Å². The zero-order valence-corrected chi connectivity index (χ0v) is 9.40. The van der Waals surface area contributed by atoms with E-state index >= 15 is 0 Å². The number of rotatable bonds is 1. The quantitative estimate of drug-likeness (QED) is 0.703. The SMILES string of the molecule is CC(C)(C)[C@@H]1COC(c2ccccn2)=N1. The average Bonchev–Trinajstić information content (AvgIpc) is 2.67. The van der Waals surface area contributed by atoms with Crippen LogP contribution in [0.3, 0.4) is 0 Å². The molecule has 0 N–H and O–H groups in total. The third-order valence-electron chi connectivity index (χ3n) is 2.53. The summed E-state index contributed by atoms with van der Waals surface area (Å²) in [6, 6.07) is 5.98. The van der Waals surface area contributed by atoms with Gasteiger partial charge in [-0.2, -0.15) is 0 Å². The molecule has 1 atom stereocenters. The van der Waals surface area contributed by atoms with Gasteiger partial charge in [-0.15, -0.1) is 0 Å². The Balaban J connectivity index is 2.21. The summed E-state index contributed by atoms with van der Waals surface area (Å²) in [5.41, 5.74) is 0.973. The summed E-state index contributed by atoms with van der Waals surface area (Å²) in [4.78, 5) is 8.78. The molecule has 0 saturated heterocycles. The topological polar surface area (TPSA) is 34.5 Å². The second kappa shape index (κ2) is 3.65. The Morgan fingerprint density at radius 3 is 2.67 bits per heavy atom. The lowest BCUT2D eigenvalue weighted by atomic mass is 9.88. The number of hydrogen-bond donors (Lipinski definition) is 0. The van der Waals surface area contributed by atoms with Gasteiger partial charge in [0.1, 0.15) is 12.3 Å². The number of pyridine rings is 1. The molecule has 1 aromatic heterocycles. The largest absolute Gasteiger partial charge is 0.474 e. The van der Waals surface area contributed by atoms with Gasteiger partial charge in [0.2, 0.25) is 5.90 Å². The maximum absolute atomic E-state index is 5.57. The van der Waals surface area contributed by atoms with E-state index in [1.165, 1.54) is 0 Å². The molecule has 0 spiro atoms. The van der Waals surface area contributed by atoms with Gasteiger partial charge in [-0.3, -0.25) is 4.98 Å². The molecule has 0 aliphatic carbocycles. The molecule has 0 aromatic carbocycles. The number of nitrogens with zero attached hydrogens (tertiary/aromatic N) is 2. The fraction of sp³-hybridized carbons (Fsp3) is 0.500. The summed E-state index contributed by atoms with van der Waals surface area (Å²) >= 11 is 0. The molecule has 2 heterocycles. The van der Waals surface area contributed by atoms with E-state index in [1.807, 2.05) is 18.2 Å². The van der Waals surface area contributed by atoms with Crippen molar-refractivity contribution in [2.75, 3.05) is 6.61 Å². The Hall–Kier alpha value is -1.38. The molecule has 0 amide bonds. The molecule has 15 heavy (non-hydrogen) atoms. The first kappa shape index (κ1) is 10.1. The zero-order chi connectivity index (χ0) is 10.9. The average molecular weight is 204 g/mol. The lowest BCUT2D eigenvalue weighted by Crippen LogP contribution is -2.25. The third-order valence-corrected chi connectivity index (χ3v) is 2.53. The van der Waals surface area contributed by atoms with Gasteiger partial charge in [0.25, 0.3) is 0 Å². The molecule has 1 aliphatic heterocycles. The van der Waals surface area contributed by atoms with E-state index in [2.05, 4.69) is 30.7 Å². The van der Waals surface area contributed by atoms with Crippen LogP contribution < -0.4 is 0 Å². The van der Waals surface area contributed by atoms with Gasteiger partial charge < -0.3 is 4.74 Å². The van der Waals surface area contributed by atoms with E-state index in [4.69, 9.17) is 4.74 Å². The van der Waals surface area contributed by atoms with E-state index < -0.39 is 0 Å². The monoisotopic (exact) mass is 204 g/mol. The molecule has 0 bridgehead atoms. The summed E-state index contributed by atoms with van der Waals surface area (Å²) in [6.45, 7) is 7.18. The Labute approximate surface area is 90.2 Å². The van der Waals surface area contributed by atoms with Crippen LogP contribution in [-0.2, 0) is 4.74 Å². The van der Waals surface area contributed by atoms with Crippen molar-refractivity contribution >= 4 is 5.90 Å². The summed E-state index contributed by atoms with van der Waals surface area (Å²) in [5.74, 6) is 0.676. The molecule has 0 fully saturated rings. The van der Waals surface area contributed by atoms with Crippen LogP contribution in [0, 0.1) is 5.41 Å². The van der Waals surface area contributed by atoms with Crippen molar-refractivity contribution in [1.29, 1.82) is 0 Å². The molecule has 3 nitrogen and oxygen atoms in total. The van der Waals surface area contributed by atoms with Crippen molar-refractivity contribution < 1.29 is 4.74 Å². The number of ether oxygens (including phenoxy) is 1. The molecule has 0 unspecified atom stereocenters. The van der Waals surface area contributed by atoms with Gasteiger partial charge in [0.15, 0.2) is 0 Å². The lowest BCUT2D eigenvalue weighted by Gasteiger charge is -2.21. The highest BCUT2D eigenvalue weighted by atomic mass is 16.5. The Morgan fingerprint density at radius 2 is 2.13 bits per heavy atom. The van der Waals surface area contributed by atoms with Crippen molar-refractivity contribution in [3.05, 3.63) is 30.1 Å². The first-order chi connectivity index (χ1) is 7.07. The molecule has 0 saturated carbocycles. The minimum Gasteiger partial charge on any atom is -0.474 e. The summed E-state index contributed by atoms with van der Waals surface area (Å²) in [5, 5.41) is 0. The summed E-state index contributed by atoms with van der Waals surface area (Å²) < 4.78 is 5.57. The van der Waals surface area contributed by atoms with Gasteiger partial charge in [-0.1, -0.05) is 26.8 Å². The first-order valence-electron chi connectivity index (χ1n) is 5.19. The zero-order valence-electron chi connectivity index (χ0n) is 9.40. The normalized spacial score (nSPS) is 21.0. The predicted molar refractivity (Wildman–Crippen MR) is 60.0 cm³/mol. The number of hydrogen-bond acceptors (Lipinski definition) is 3. The minimum atomic E-state index is 0.149. The van der Waals surface area contributed by atoms with Crippen LogP contribution in [0.2, 0.25) is 0 Å². The minimum absolute atomic E-state index is 0.149. The van der Waals surface area contributed by atoms with Crippen molar-refractivity contribution in [3.63, 3.8) is 0 Å². The van der Waals surface area contributed by atoms with Crippen LogP contribution in [0.4, 0.5) is 0 Å². The molecule has 0 radical (unpaired) electrons. The van der Waals surface area contributed by atoms with Crippen molar-refractivity contribution in [3.8, 4) is 0 Å². The molecule has 80 valence electrons. The van der Waals surface area contributed by atoms with Crippen LogP contribution in [0.25, 0.3) is 0 Å². The van der Waals surface area contributed by atoms with Crippen molar-refractivity contribution in [2.24, 2.45) is 10.4 Å². The molecular formula is C12H16N2O.